The quantitative estimate of drug-likeness (QED) is 0.897. The van der Waals surface area contributed by atoms with Gasteiger partial charge in [-0.2, -0.15) is 5.10 Å². The molecule has 0 saturated heterocycles. The number of hydrogen-bond acceptors (Lipinski definition) is 4. The second-order valence-corrected chi connectivity index (χ2v) is 4.75. The molecular formula is C13H19N5. The summed E-state index contributed by atoms with van der Waals surface area (Å²) < 4.78 is 1.83. The monoisotopic (exact) mass is 245 g/mol. The topological polar surface area (TPSA) is 55.6 Å². The lowest BCUT2D eigenvalue weighted by atomic mass is 10.1. The van der Waals surface area contributed by atoms with Gasteiger partial charge in [-0.15, -0.1) is 0 Å². The fourth-order valence-corrected chi connectivity index (χ4v) is 1.79. The summed E-state index contributed by atoms with van der Waals surface area (Å²) in [7, 11) is 1.93. The van der Waals surface area contributed by atoms with Gasteiger partial charge >= 0.3 is 0 Å². The van der Waals surface area contributed by atoms with Crippen LogP contribution >= 0.6 is 0 Å². The lowest BCUT2D eigenvalue weighted by Crippen LogP contribution is -2.04. The van der Waals surface area contributed by atoms with E-state index in [1.807, 2.05) is 30.9 Å². The van der Waals surface area contributed by atoms with Gasteiger partial charge in [-0.3, -0.25) is 4.68 Å². The van der Waals surface area contributed by atoms with E-state index in [9.17, 15) is 0 Å². The van der Waals surface area contributed by atoms with Crippen LogP contribution in [0.25, 0.3) is 0 Å². The maximum Gasteiger partial charge on any atom is 0.129 e. The normalized spacial score (nSPS) is 10.9. The van der Waals surface area contributed by atoms with Crippen LogP contribution in [0.4, 0.5) is 5.82 Å². The molecule has 0 spiro atoms. The zero-order chi connectivity index (χ0) is 13.1. The predicted octanol–water partition coefficient (Wildman–Crippen LogP) is 2.25. The van der Waals surface area contributed by atoms with Gasteiger partial charge < -0.3 is 5.32 Å². The number of aryl methyl sites for hydroxylation is 2. The Morgan fingerprint density at radius 1 is 1.33 bits per heavy atom. The molecule has 2 rings (SSSR count). The average molecular weight is 245 g/mol. The lowest BCUT2D eigenvalue weighted by molar-refractivity contribution is 0.756. The van der Waals surface area contributed by atoms with Gasteiger partial charge in [0.2, 0.25) is 0 Å². The smallest absolute Gasteiger partial charge is 0.129 e. The van der Waals surface area contributed by atoms with Crippen LogP contribution in [-0.2, 0) is 13.6 Å². The zero-order valence-electron chi connectivity index (χ0n) is 11.3. The third-order valence-electron chi connectivity index (χ3n) is 2.85. The van der Waals surface area contributed by atoms with Crippen LogP contribution < -0.4 is 5.32 Å². The minimum Gasteiger partial charge on any atom is -0.366 e. The van der Waals surface area contributed by atoms with Gasteiger partial charge in [-0.1, -0.05) is 13.8 Å². The summed E-state index contributed by atoms with van der Waals surface area (Å²) in [6.45, 7) is 6.99. The van der Waals surface area contributed by atoms with Crippen molar-refractivity contribution in [2.24, 2.45) is 7.05 Å². The first-order valence-electron chi connectivity index (χ1n) is 6.11. The van der Waals surface area contributed by atoms with Crippen LogP contribution in [0, 0.1) is 6.92 Å². The minimum atomic E-state index is 0.411. The maximum absolute atomic E-state index is 4.31. The Morgan fingerprint density at radius 3 is 2.72 bits per heavy atom. The van der Waals surface area contributed by atoms with E-state index in [2.05, 4.69) is 34.2 Å². The number of hydrogen-bond donors (Lipinski definition) is 1. The van der Waals surface area contributed by atoms with Crippen molar-refractivity contribution < 1.29 is 0 Å². The molecular weight excluding hydrogens is 226 g/mol. The summed E-state index contributed by atoms with van der Waals surface area (Å²) in [6, 6.07) is 2.00. The average Bonchev–Trinajstić information content (AvgIpc) is 2.65. The Kier molecular flexibility index (Phi) is 3.60. The molecule has 2 aromatic heterocycles. The Hall–Kier alpha value is -1.91. The summed E-state index contributed by atoms with van der Waals surface area (Å²) in [6.07, 6.45) is 3.63. The largest absolute Gasteiger partial charge is 0.366 e. The van der Waals surface area contributed by atoms with Gasteiger partial charge in [0.1, 0.15) is 12.1 Å². The molecule has 5 nitrogen and oxygen atoms in total. The maximum atomic E-state index is 4.31. The van der Waals surface area contributed by atoms with Gasteiger partial charge in [0.15, 0.2) is 0 Å². The molecule has 2 aromatic rings. The summed E-state index contributed by atoms with van der Waals surface area (Å²) in [5, 5.41) is 7.62. The van der Waals surface area contributed by atoms with Crippen LogP contribution in [0.1, 0.15) is 36.7 Å². The Balaban J connectivity index is 2.06. The van der Waals surface area contributed by atoms with Crippen LogP contribution in [0.15, 0.2) is 18.6 Å². The number of aromatic nitrogens is 4. The van der Waals surface area contributed by atoms with E-state index < -0.39 is 0 Å². The summed E-state index contributed by atoms with van der Waals surface area (Å²) in [5.74, 6) is 1.27. The molecule has 0 aliphatic carbocycles. The van der Waals surface area contributed by atoms with E-state index in [1.54, 1.807) is 6.33 Å². The fourth-order valence-electron chi connectivity index (χ4n) is 1.79. The van der Waals surface area contributed by atoms with Crippen LogP contribution in [-0.4, -0.2) is 19.7 Å². The van der Waals surface area contributed by atoms with Crippen molar-refractivity contribution in [3.63, 3.8) is 0 Å². The molecule has 0 atom stereocenters. The highest BCUT2D eigenvalue weighted by Crippen LogP contribution is 2.14. The molecule has 0 aliphatic rings. The van der Waals surface area contributed by atoms with E-state index in [4.69, 9.17) is 0 Å². The van der Waals surface area contributed by atoms with E-state index in [0.717, 1.165) is 23.8 Å². The molecule has 0 aromatic carbocycles. The summed E-state index contributed by atoms with van der Waals surface area (Å²) >= 11 is 0. The van der Waals surface area contributed by atoms with Crippen molar-refractivity contribution in [3.05, 3.63) is 35.5 Å². The molecule has 1 N–H and O–H groups in total. The molecule has 18 heavy (non-hydrogen) atoms. The standard InChI is InChI=1S/C13H19N5/c1-9(2)12-5-13(16-8-15-12)14-6-11-7-18(4)17-10(11)3/h5,7-9H,6H2,1-4H3,(H,14,15,16). The second-order valence-electron chi connectivity index (χ2n) is 4.75. The SMILES string of the molecule is Cc1nn(C)cc1CNc1cc(C(C)C)ncn1. The van der Waals surface area contributed by atoms with Crippen LogP contribution in [0.2, 0.25) is 0 Å². The second kappa shape index (κ2) is 5.16. The van der Waals surface area contributed by atoms with Gasteiger partial charge in [0.25, 0.3) is 0 Å². The van der Waals surface area contributed by atoms with E-state index >= 15 is 0 Å². The van der Waals surface area contributed by atoms with Crippen LogP contribution in [0.5, 0.6) is 0 Å². The predicted molar refractivity (Wildman–Crippen MR) is 71.4 cm³/mol. The number of rotatable bonds is 4. The van der Waals surface area contributed by atoms with E-state index in [0.29, 0.717) is 5.92 Å². The van der Waals surface area contributed by atoms with Crippen molar-refractivity contribution in [3.8, 4) is 0 Å². The highest BCUT2D eigenvalue weighted by molar-refractivity contribution is 5.37. The lowest BCUT2D eigenvalue weighted by Gasteiger charge is -2.08. The zero-order valence-corrected chi connectivity index (χ0v) is 11.3. The number of nitrogens with one attached hydrogen (secondary N) is 1. The summed E-state index contributed by atoms with van der Waals surface area (Å²) in [5.41, 5.74) is 3.28. The van der Waals surface area contributed by atoms with Gasteiger partial charge in [0, 0.05) is 37.1 Å². The van der Waals surface area contributed by atoms with Crippen molar-refractivity contribution in [1.82, 2.24) is 19.7 Å². The Morgan fingerprint density at radius 2 is 2.11 bits per heavy atom. The summed E-state index contributed by atoms with van der Waals surface area (Å²) in [4.78, 5) is 8.47. The molecule has 0 radical (unpaired) electrons. The van der Waals surface area contributed by atoms with Crippen molar-refractivity contribution >= 4 is 5.82 Å². The number of nitrogens with zero attached hydrogens (tertiary/aromatic N) is 4. The first-order chi connectivity index (χ1) is 8.56. The van der Waals surface area contributed by atoms with Crippen molar-refractivity contribution in [2.75, 3.05) is 5.32 Å². The number of anilines is 1. The van der Waals surface area contributed by atoms with Crippen LogP contribution in [0.3, 0.4) is 0 Å². The Bertz CT molecular complexity index is 530. The highest BCUT2D eigenvalue weighted by atomic mass is 15.3. The fraction of sp³-hybridized carbons (Fsp3) is 0.462. The Labute approximate surface area is 107 Å². The molecule has 96 valence electrons. The first kappa shape index (κ1) is 12.5. The van der Waals surface area contributed by atoms with Crippen molar-refractivity contribution in [2.45, 2.75) is 33.2 Å². The molecule has 0 bridgehead atoms. The van der Waals surface area contributed by atoms with Crippen molar-refractivity contribution in [1.29, 1.82) is 0 Å². The van der Waals surface area contributed by atoms with E-state index in [-0.39, 0.29) is 0 Å². The molecule has 0 amide bonds. The first-order valence-corrected chi connectivity index (χ1v) is 6.11. The van der Waals surface area contributed by atoms with Gasteiger partial charge in [-0.25, -0.2) is 9.97 Å². The third kappa shape index (κ3) is 2.85. The molecule has 0 fully saturated rings. The molecule has 0 saturated carbocycles. The van der Waals surface area contributed by atoms with Gasteiger partial charge in [0.05, 0.1) is 5.69 Å². The third-order valence-corrected chi connectivity index (χ3v) is 2.85. The molecule has 0 unspecified atom stereocenters. The molecule has 0 aliphatic heterocycles. The highest BCUT2D eigenvalue weighted by Gasteiger charge is 2.05. The van der Waals surface area contributed by atoms with E-state index in [1.165, 1.54) is 5.56 Å². The molecule has 5 heteroatoms. The minimum absolute atomic E-state index is 0.411. The van der Waals surface area contributed by atoms with Gasteiger partial charge in [-0.05, 0) is 12.8 Å². The molecule has 2 heterocycles.